The van der Waals surface area contributed by atoms with Crippen molar-refractivity contribution in [1.82, 2.24) is 9.97 Å². The Labute approximate surface area is 111 Å². The lowest BCUT2D eigenvalue weighted by atomic mass is 9.88. The standard InChI is InChI=1S/C12H19N5O2/c1-2-8-9(13)15-7-16-10(8)17-5-3-12(14,4-6-17)11(18)19/h7H,2-6,14H2,1H3,(H,18,19)(H2,13,15,16). The van der Waals surface area contributed by atoms with Gasteiger partial charge in [0.1, 0.15) is 23.5 Å². The molecule has 1 aliphatic heterocycles. The van der Waals surface area contributed by atoms with Gasteiger partial charge in [-0.05, 0) is 19.3 Å². The van der Waals surface area contributed by atoms with Crippen molar-refractivity contribution in [1.29, 1.82) is 0 Å². The average molecular weight is 265 g/mol. The molecule has 7 heteroatoms. The summed E-state index contributed by atoms with van der Waals surface area (Å²) < 4.78 is 0. The van der Waals surface area contributed by atoms with Crippen molar-refractivity contribution in [2.45, 2.75) is 31.7 Å². The van der Waals surface area contributed by atoms with Gasteiger partial charge in [-0.15, -0.1) is 0 Å². The van der Waals surface area contributed by atoms with Gasteiger partial charge in [0.05, 0.1) is 0 Å². The number of carboxylic acid groups (broad SMARTS) is 1. The van der Waals surface area contributed by atoms with Gasteiger partial charge in [0.25, 0.3) is 0 Å². The third kappa shape index (κ3) is 2.46. The summed E-state index contributed by atoms with van der Waals surface area (Å²) in [7, 11) is 0. The van der Waals surface area contributed by atoms with Crippen molar-refractivity contribution in [3.63, 3.8) is 0 Å². The number of nitrogens with zero attached hydrogens (tertiary/aromatic N) is 3. The van der Waals surface area contributed by atoms with E-state index in [1.54, 1.807) is 0 Å². The molecule has 0 spiro atoms. The van der Waals surface area contributed by atoms with Gasteiger partial charge in [-0.25, -0.2) is 9.97 Å². The molecule has 2 heterocycles. The highest BCUT2D eigenvalue weighted by atomic mass is 16.4. The van der Waals surface area contributed by atoms with Crippen LogP contribution in [0.2, 0.25) is 0 Å². The zero-order valence-electron chi connectivity index (χ0n) is 11.0. The molecular weight excluding hydrogens is 246 g/mol. The van der Waals surface area contributed by atoms with Gasteiger partial charge in [-0.2, -0.15) is 0 Å². The molecule has 0 aliphatic carbocycles. The molecule has 1 aliphatic rings. The number of hydrogen-bond acceptors (Lipinski definition) is 6. The zero-order valence-corrected chi connectivity index (χ0v) is 11.0. The third-order valence-corrected chi connectivity index (χ3v) is 3.69. The van der Waals surface area contributed by atoms with Crippen molar-refractivity contribution in [2.24, 2.45) is 5.73 Å². The number of anilines is 2. The smallest absolute Gasteiger partial charge is 0.323 e. The van der Waals surface area contributed by atoms with Gasteiger partial charge in [-0.3, -0.25) is 4.79 Å². The molecule has 7 nitrogen and oxygen atoms in total. The van der Waals surface area contributed by atoms with E-state index in [4.69, 9.17) is 16.6 Å². The van der Waals surface area contributed by atoms with Gasteiger partial charge in [0.2, 0.25) is 0 Å². The Morgan fingerprint density at radius 2 is 2.11 bits per heavy atom. The molecular formula is C12H19N5O2. The molecule has 1 aromatic rings. The zero-order chi connectivity index (χ0) is 14.0. The van der Waals surface area contributed by atoms with Crippen LogP contribution in [0, 0.1) is 0 Å². The minimum Gasteiger partial charge on any atom is -0.480 e. The molecule has 0 saturated carbocycles. The predicted octanol–water partition coefficient (Wildman–Crippen LogP) is 0.00350. The van der Waals surface area contributed by atoms with Gasteiger partial charge in [0.15, 0.2) is 0 Å². The Morgan fingerprint density at radius 3 is 2.63 bits per heavy atom. The normalized spacial score (nSPS) is 18.3. The molecule has 1 saturated heterocycles. The second-order valence-electron chi connectivity index (χ2n) is 4.86. The second-order valence-corrected chi connectivity index (χ2v) is 4.86. The number of hydrogen-bond donors (Lipinski definition) is 3. The molecule has 2 rings (SSSR count). The molecule has 1 fully saturated rings. The van der Waals surface area contributed by atoms with E-state index in [-0.39, 0.29) is 0 Å². The van der Waals surface area contributed by atoms with Crippen molar-refractivity contribution < 1.29 is 9.90 Å². The minimum absolute atomic E-state index is 0.398. The Morgan fingerprint density at radius 1 is 1.47 bits per heavy atom. The summed E-state index contributed by atoms with van der Waals surface area (Å²) in [6, 6.07) is 0. The summed E-state index contributed by atoms with van der Waals surface area (Å²) in [5, 5.41) is 9.11. The summed E-state index contributed by atoms with van der Waals surface area (Å²) in [5.74, 6) is 0.336. The van der Waals surface area contributed by atoms with Crippen molar-refractivity contribution >= 4 is 17.6 Å². The van der Waals surface area contributed by atoms with Crippen molar-refractivity contribution in [3.8, 4) is 0 Å². The predicted molar refractivity (Wildman–Crippen MR) is 71.8 cm³/mol. The Kier molecular flexibility index (Phi) is 3.57. The molecule has 0 aromatic carbocycles. The lowest BCUT2D eigenvalue weighted by Crippen LogP contribution is -2.56. The van der Waals surface area contributed by atoms with Crippen LogP contribution in [0.25, 0.3) is 0 Å². The van der Waals surface area contributed by atoms with Crippen LogP contribution in [0.5, 0.6) is 0 Å². The summed E-state index contributed by atoms with van der Waals surface area (Å²) in [5.41, 5.74) is 11.5. The van der Waals surface area contributed by atoms with E-state index in [0.717, 1.165) is 17.8 Å². The lowest BCUT2D eigenvalue weighted by Gasteiger charge is -2.37. The fraction of sp³-hybridized carbons (Fsp3) is 0.583. The fourth-order valence-electron chi connectivity index (χ4n) is 2.36. The van der Waals surface area contributed by atoms with E-state index < -0.39 is 11.5 Å². The number of aliphatic carboxylic acids is 1. The van der Waals surface area contributed by atoms with Crippen LogP contribution in [-0.4, -0.2) is 39.7 Å². The Hall–Kier alpha value is -1.89. The summed E-state index contributed by atoms with van der Waals surface area (Å²) in [6.45, 7) is 3.12. The molecule has 0 bridgehead atoms. The maximum absolute atomic E-state index is 11.1. The Bertz CT molecular complexity index is 483. The second kappa shape index (κ2) is 5.00. The molecule has 5 N–H and O–H groups in total. The first-order chi connectivity index (χ1) is 8.98. The minimum atomic E-state index is -1.12. The summed E-state index contributed by atoms with van der Waals surface area (Å²) in [4.78, 5) is 21.4. The van der Waals surface area contributed by atoms with E-state index in [2.05, 4.69) is 9.97 Å². The highest BCUT2D eigenvalue weighted by Crippen LogP contribution is 2.27. The SMILES string of the molecule is CCc1c(N)ncnc1N1CCC(N)(C(=O)O)CC1. The summed E-state index contributed by atoms with van der Waals surface area (Å²) >= 11 is 0. The number of carboxylic acids is 1. The molecule has 0 amide bonds. The van der Waals surface area contributed by atoms with E-state index in [1.807, 2.05) is 11.8 Å². The third-order valence-electron chi connectivity index (χ3n) is 3.69. The first kappa shape index (κ1) is 13.5. The van der Waals surface area contributed by atoms with Gasteiger partial charge in [0, 0.05) is 18.7 Å². The number of rotatable bonds is 3. The summed E-state index contributed by atoms with van der Waals surface area (Å²) in [6.07, 6.45) is 2.97. The lowest BCUT2D eigenvalue weighted by molar-refractivity contribution is -0.144. The van der Waals surface area contributed by atoms with Crippen LogP contribution >= 0.6 is 0 Å². The number of nitrogens with two attached hydrogens (primary N) is 2. The highest BCUT2D eigenvalue weighted by Gasteiger charge is 2.38. The maximum atomic E-state index is 11.1. The molecule has 104 valence electrons. The van der Waals surface area contributed by atoms with Gasteiger partial charge in [-0.1, -0.05) is 6.92 Å². The largest absolute Gasteiger partial charge is 0.480 e. The molecule has 0 atom stereocenters. The average Bonchev–Trinajstić information content (AvgIpc) is 2.39. The topological polar surface area (TPSA) is 118 Å². The number of nitrogen functional groups attached to an aromatic ring is 1. The molecule has 1 aromatic heterocycles. The van der Waals surface area contributed by atoms with Crippen molar-refractivity contribution in [3.05, 3.63) is 11.9 Å². The van der Waals surface area contributed by atoms with Gasteiger partial charge < -0.3 is 21.5 Å². The van der Waals surface area contributed by atoms with E-state index in [1.165, 1.54) is 6.33 Å². The number of piperidine rings is 1. The van der Waals surface area contributed by atoms with Crippen molar-refractivity contribution in [2.75, 3.05) is 23.7 Å². The van der Waals surface area contributed by atoms with E-state index >= 15 is 0 Å². The molecule has 0 unspecified atom stereocenters. The van der Waals surface area contributed by atoms with E-state index in [9.17, 15) is 4.79 Å². The number of carbonyl (C=O) groups is 1. The first-order valence-corrected chi connectivity index (χ1v) is 6.34. The van der Waals surface area contributed by atoms with Crippen LogP contribution in [0.15, 0.2) is 6.33 Å². The van der Waals surface area contributed by atoms with Crippen LogP contribution in [-0.2, 0) is 11.2 Å². The monoisotopic (exact) mass is 265 g/mol. The first-order valence-electron chi connectivity index (χ1n) is 6.34. The highest BCUT2D eigenvalue weighted by molar-refractivity contribution is 5.79. The van der Waals surface area contributed by atoms with E-state index in [0.29, 0.717) is 31.7 Å². The quantitative estimate of drug-likeness (QED) is 0.704. The van der Waals surface area contributed by atoms with Crippen LogP contribution in [0.1, 0.15) is 25.3 Å². The molecule has 19 heavy (non-hydrogen) atoms. The van der Waals surface area contributed by atoms with Crippen LogP contribution in [0.3, 0.4) is 0 Å². The molecule has 0 radical (unpaired) electrons. The van der Waals surface area contributed by atoms with Gasteiger partial charge >= 0.3 is 5.97 Å². The Balaban J connectivity index is 2.19. The fourth-order valence-corrected chi connectivity index (χ4v) is 2.36. The maximum Gasteiger partial charge on any atom is 0.323 e. The van der Waals surface area contributed by atoms with Crippen LogP contribution in [0.4, 0.5) is 11.6 Å². The van der Waals surface area contributed by atoms with Crippen LogP contribution < -0.4 is 16.4 Å². The number of aromatic nitrogens is 2.